The van der Waals surface area contributed by atoms with Gasteiger partial charge in [-0.2, -0.15) is 0 Å². The second-order valence-electron chi connectivity index (χ2n) is 13.4. The Morgan fingerprint density at radius 3 is 2.36 bits per heavy atom. The van der Waals surface area contributed by atoms with Gasteiger partial charge in [0.1, 0.15) is 0 Å². The van der Waals surface area contributed by atoms with Crippen LogP contribution in [0.4, 0.5) is 11.6 Å². The molecule has 0 spiro atoms. The largest absolute Gasteiger partial charge is 0.494 e. The summed E-state index contributed by atoms with van der Waals surface area (Å²) in [7, 11) is 4.14. The molecule has 6 rings (SSSR count). The van der Waals surface area contributed by atoms with Crippen molar-refractivity contribution in [2.24, 2.45) is 4.99 Å². The smallest absolute Gasteiger partial charge is 0.232 e. The lowest BCUT2D eigenvalue weighted by Crippen LogP contribution is -2.43. The Labute approximate surface area is 276 Å². The van der Waals surface area contributed by atoms with Crippen LogP contribution < -0.4 is 5.32 Å². The van der Waals surface area contributed by atoms with E-state index in [0.29, 0.717) is 23.3 Å². The van der Waals surface area contributed by atoms with E-state index in [-0.39, 0.29) is 17.8 Å². The monoisotopic (exact) mass is 629 g/mol. The van der Waals surface area contributed by atoms with Crippen molar-refractivity contribution in [3.63, 3.8) is 0 Å². The first-order valence-corrected chi connectivity index (χ1v) is 16.2. The Balaban J connectivity index is 1.32. The average Bonchev–Trinajstić information content (AvgIpc) is 3.68. The van der Waals surface area contributed by atoms with E-state index in [1.165, 1.54) is 0 Å². The number of nitrogens with one attached hydrogen (secondary N) is 2. The van der Waals surface area contributed by atoms with Gasteiger partial charge in [0, 0.05) is 59.6 Å². The van der Waals surface area contributed by atoms with Crippen molar-refractivity contribution in [3.05, 3.63) is 102 Å². The van der Waals surface area contributed by atoms with Crippen LogP contribution >= 0.6 is 0 Å². The average molecular weight is 630 g/mol. The van der Waals surface area contributed by atoms with E-state index >= 15 is 0 Å². The fraction of sp³-hybridized carbons (Fsp3) is 0.316. The second-order valence-corrected chi connectivity index (χ2v) is 13.4. The van der Waals surface area contributed by atoms with Crippen LogP contribution in [-0.4, -0.2) is 80.7 Å². The van der Waals surface area contributed by atoms with Gasteiger partial charge in [-0.3, -0.25) is 4.79 Å². The molecule has 1 saturated heterocycles. The second kappa shape index (κ2) is 13.0. The van der Waals surface area contributed by atoms with Gasteiger partial charge in [0.2, 0.25) is 11.9 Å². The highest BCUT2D eigenvalue weighted by atomic mass is 16.3. The zero-order valence-electron chi connectivity index (χ0n) is 28.0. The summed E-state index contributed by atoms with van der Waals surface area (Å²) in [5, 5.41) is 15.3. The minimum Gasteiger partial charge on any atom is -0.494 e. The number of aromatic nitrogens is 3. The number of likely N-dealkylation sites (N-methyl/N-ethyl adjacent to an activating group) is 1. The van der Waals surface area contributed by atoms with Crippen LogP contribution in [0.3, 0.4) is 0 Å². The summed E-state index contributed by atoms with van der Waals surface area (Å²) < 4.78 is 0. The van der Waals surface area contributed by atoms with E-state index in [0.717, 1.165) is 58.4 Å². The fourth-order valence-electron chi connectivity index (χ4n) is 6.22. The van der Waals surface area contributed by atoms with Crippen LogP contribution in [0, 0.1) is 0 Å². The van der Waals surface area contributed by atoms with Crippen molar-refractivity contribution in [1.82, 2.24) is 24.8 Å². The molecule has 9 nitrogen and oxygen atoms in total. The summed E-state index contributed by atoms with van der Waals surface area (Å²) in [4.78, 5) is 34.9. The molecule has 5 aromatic rings. The number of likely N-dealkylation sites (tertiary alicyclic amines) is 1. The van der Waals surface area contributed by atoms with Gasteiger partial charge in [0.25, 0.3) is 0 Å². The molecule has 0 aliphatic carbocycles. The third kappa shape index (κ3) is 6.62. The van der Waals surface area contributed by atoms with Gasteiger partial charge in [-0.1, -0.05) is 54.6 Å². The van der Waals surface area contributed by atoms with Gasteiger partial charge in [-0.15, -0.1) is 0 Å². The molecule has 3 N–H and O–H groups in total. The Morgan fingerprint density at radius 1 is 1.02 bits per heavy atom. The maximum Gasteiger partial charge on any atom is 0.232 e. The lowest BCUT2D eigenvalue weighted by Gasteiger charge is -2.30. The van der Waals surface area contributed by atoms with E-state index in [2.05, 4.69) is 39.3 Å². The number of nitrogens with zero attached hydrogens (tertiary/aromatic N) is 5. The fourth-order valence-corrected chi connectivity index (χ4v) is 6.22. The molecule has 1 aliphatic heterocycles. The molecule has 1 amide bonds. The predicted octanol–water partition coefficient (Wildman–Crippen LogP) is 6.76. The maximum absolute atomic E-state index is 13.6. The molecule has 1 fully saturated rings. The topological polar surface area (TPSA) is 110 Å². The van der Waals surface area contributed by atoms with Gasteiger partial charge in [0.05, 0.1) is 22.4 Å². The standard InChI is InChI=1S/C38H43N7O2/c1-24(2)41-37-39-21-27(22-40-37)26-12-17-31-32(20-26)43-35(46)33(31)34(25-10-8-7-9-11-25)42-29-15-13-28(14-16-29)38(3,4)36(47)45-19-18-30(23-45)44(5)6/h7-17,20-22,24,30,43,46H,18-19,23H2,1-6H3,(H,39,40,41)/t30-/m0/s1. The number of hydrogen-bond acceptors (Lipinski definition) is 7. The van der Waals surface area contributed by atoms with Crippen molar-refractivity contribution in [2.75, 3.05) is 32.5 Å². The number of anilines is 1. The zero-order chi connectivity index (χ0) is 33.3. The Kier molecular flexibility index (Phi) is 8.84. The molecule has 47 heavy (non-hydrogen) atoms. The minimum atomic E-state index is -0.672. The van der Waals surface area contributed by atoms with Crippen LogP contribution in [0.1, 0.15) is 50.8 Å². The quantitative estimate of drug-likeness (QED) is 0.156. The molecular formula is C38H43N7O2. The number of carbonyl (C=O) groups excluding carboxylic acids is 1. The minimum absolute atomic E-state index is 0.0393. The SMILES string of the molecule is CC(C)Nc1ncc(-c2ccc3c(C(=Nc4ccc(C(C)(C)C(=O)N5CC[C@H](N(C)C)C5)cc4)c4ccccc4)c(O)[nH]c3c2)cn1. The first-order valence-electron chi connectivity index (χ1n) is 16.2. The van der Waals surface area contributed by atoms with E-state index in [1.54, 1.807) is 12.4 Å². The molecule has 9 heteroatoms. The number of rotatable bonds is 9. The number of aromatic hydroxyl groups is 1. The van der Waals surface area contributed by atoms with Crippen molar-refractivity contribution < 1.29 is 9.90 Å². The van der Waals surface area contributed by atoms with Crippen molar-refractivity contribution in [3.8, 4) is 17.0 Å². The number of aliphatic imine (C=N–C) groups is 1. The molecule has 2 aromatic heterocycles. The van der Waals surface area contributed by atoms with Crippen LogP contribution in [0.5, 0.6) is 5.88 Å². The third-order valence-corrected chi connectivity index (χ3v) is 9.01. The molecule has 1 aliphatic rings. The number of fused-ring (bicyclic) bond motifs is 1. The van der Waals surface area contributed by atoms with Gasteiger partial charge in [-0.25, -0.2) is 15.0 Å². The highest BCUT2D eigenvalue weighted by Crippen LogP contribution is 2.35. The molecule has 0 radical (unpaired) electrons. The van der Waals surface area contributed by atoms with Gasteiger partial charge in [-0.05, 0) is 77.5 Å². The molecule has 3 heterocycles. The predicted molar refractivity (Wildman–Crippen MR) is 190 cm³/mol. The first kappa shape index (κ1) is 31.9. The summed E-state index contributed by atoms with van der Waals surface area (Å²) in [6.45, 7) is 9.60. The molecule has 242 valence electrons. The summed E-state index contributed by atoms with van der Waals surface area (Å²) in [5.41, 5.74) is 5.71. The Morgan fingerprint density at radius 2 is 1.72 bits per heavy atom. The first-order chi connectivity index (χ1) is 22.5. The Bertz CT molecular complexity index is 1890. The van der Waals surface area contributed by atoms with Crippen molar-refractivity contribution in [1.29, 1.82) is 0 Å². The molecule has 0 bridgehead atoms. The lowest BCUT2D eigenvalue weighted by molar-refractivity contribution is -0.135. The zero-order valence-corrected chi connectivity index (χ0v) is 28.0. The van der Waals surface area contributed by atoms with E-state index in [9.17, 15) is 9.90 Å². The van der Waals surface area contributed by atoms with Crippen molar-refractivity contribution in [2.45, 2.75) is 51.6 Å². The van der Waals surface area contributed by atoms with E-state index < -0.39 is 5.41 Å². The van der Waals surface area contributed by atoms with Crippen LogP contribution in [0.15, 0.2) is 90.2 Å². The summed E-state index contributed by atoms with van der Waals surface area (Å²) in [5.74, 6) is 0.764. The van der Waals surface area contributed by atoms with Gasteiger partial charge in [0.15, 0.2) is 5.88 Å². The van der Waals surface area contributed by atoms with Crippen molar-refractivity contribution >= 4 is 34.2 Å². The highest BCUT2D eigenvalue weighted by molar-refractivity contribution is 6.22. The molecule has 3 aromatic carbocycles. The molecule has 0 unspecified atom stereocenters. The number of H-pyrrole nitrogens is 1. The normalized spacial score (nSPS) is 15.6. The molecule has 1 atom stereocenters. The van der Waals surface area contributed by atoms with E-state index in [4.69, 9.17) is 4.99 Å². The number of hydrogen-bond donors (Lipinski definition) is 3. The van der Waals surface area contributed by atoms with Gasteiger partial charge < -0.3 is 25.2 Å². The maximum atomic E-state index is 13.6. The summed E-state index contributed by atoms with van der Waals surface area (Å²) in [6.07, 6.45) is 4.58. The summed E-state index contributed by atoms with van der Waals surface area (Å²) in [6, 6.07) is 24.4. The van der Waals surface area contributed by atoms with Crippen LogP contribution in [0.2, 0.25) is 0 Å². The number of carbonyl (C=O) groups is 1. The molecular weight excluding hydrogens is 586 g/mol. The summed E-state index contributed by atoms with van der Waals surface area (Å²) >= 11 is 0. The molecule has 0 saturated carbocycles. The lowest BCUT2D eigenvalue weighted by atomic mass is 9.83. The van der Waals surface area contributed by atoms with Crippen LogP contribution in [0.25, 0.3) is 22.0 Å². The number of aromatic amines is 1. The number of benzene rings is 3. The third-order valence-electron chi connectivity index (χ3n) is 9.01. The van der Waals surface area contributed by atoms with Crippen LogP contribution in [-0.2, 0) is 10.2 Å². The number of amides is 1. The Hall–Kier alpha value is -5.02. The van der Waals surface area contributed by atoms with Gasteiger partial charge >= 0.3 is 0 Å². The van der Waals surface area contributed by atoms with E-state index in [1.807, 2.05) is 105 Å². The highest BCUT2D eigenvalue weighted by Gasteiger charge is 2.37.